The molecule has 1 heterocycles. The molecule has 0 aromatic heterocycles. The number of aliphatic hydroxyl groups excluding tert-OH is 1. The van der Waals surface area contributed by atoms with Crippen LogP contribution in [0.3, 0.4) is 0 Å². The zero-order chi connectivity index (χ0) is 12.3. The quantitative estimate of drug-likeness (QED) is 0.903. The first-order valence-electron chi connectivity index (χ1n) is 6.20. The van der Waals surface area contributed by atoms with Gasteiger partial charge >= 0.3 is 0 Å². The third kappa shape index (κ3) is 3.21. The monoisotopic (exact) mass is 268 g/mol. The lowest BCUT2D eigenvalue weighted by Gasteiger charge is -2.33. The average Bonchev–Trinajstić information content (AvgIpc) is 2.39. The standard InChI is InChI=1S/C14H20OS2/c1-3-12-14(17-9-8-16-12)13(15)11-6-4-10(2)5-7-11/h4-7,12-15H,3,8-9H2,1-2H3. The molecule has 3 heteroatoms. The normalized spacial score (nSPS) is 26.8. The summed E-state index contributed by atoms with van der Waals surface area (Å²) in [6, 6.07) is 8.29. The second-order valence-electron chi connectivity index (χ2n) is 4.51. The molecule has 0 radical (unpaired) electrons. The Hall–Kier alpha value is -0.120. The van der Waals surface area contributed by atoms with E-state index >= 15 is 0 Å². The van der Waals surface area contributed by atoms with Gasteiger partial charge in [-0.1, -0.05) is 36.8 Å². The van der Waals surface area contributed by atoms with Gasteiger partial charge in [-0.15, -0.1) is 0 Å². The molecule has 1 N–H and O–H groups in total. The molecule has 0 bridgehead atoms. The van der Waals surface area contributed by atoms with Crippen LogP contribution in [0.15, 0.2) is 24.3 Å². The van der Waals surface area contributed by atoms with Crippen molar-refractivity contribution in [3.8, 4) is 0 Å². The lowest BCUT2D eigenvalue weighted by molar-refractivity contribution is 0.172. The lowest BCUT2D eigenvalue weighted by Crippen LogP contribution is -2.31. The van der Waals surface area contributed by atoms with Gasteiger partial charge in [0, 0.05) is 22.0 Å². The van der Waals surface area contributed by atoms with E-state index in [0.29, 0.717) is 10.5 Å². The number of hydrogen-bond acceptors (Lipinski definition) is 3. The number of aliphatic hydroxyl groups is 1. The Morgan fingerprint density at radius 3 is 2.53 bits per heavy atom. The lowest BCUT2D eigenvalue weighted by atomic mass is 10.0. The number of aryl methyl sites for hydroxylation is 1. The molecule has 1 nitrogen and oxygen atoms in total. The van der Waals surface area contributed by atoms with Gasteiger partial charge in [0.2, 0.25) is 0 Å². The summed E-state index contributed by atoms with van der Waals surface area (Å²) in [5, 5.41) is 11.4. The molecule has 1 aliphatic rings. The molecule has 0 amide bonds. The Labute approximate surface area is 112 Å². The van der Waals surface area contributed by atoms with Crippen LogP contribution < -0.4 is 0 Å². The number of rotatable bonds is 3. The van der Waals surface area contributed by atoms with Crippen molar-refractivity contribution in [2.24, 2.45) is 0 Å². The van der Waals surface area contributed by atoms with Crippen molar-refractivity contribution in [3.05, 3.63) is 35.4 Å². The first-order chi connectivity index (χ1) is 8.22. The van der Waals surface area contributed by atoms with Crippen LogP contribution in [-0.4, -0.2) is 27.1 Å². The molecular formula is C14H20OS2. The van der Waals surface area contributed by atoms with Crippen molar-refractivity contribution in [1.82, 2.24) is 0 Å². The predicted molar refractivity (Wildman–Crippen MR) is 78.9 cm³/mol. The fourth-order valence-corrected chi connectivity index (χ4v) is 5.32. The summed E-state index contributed by atoms with van der Waals surface area (Å²) >= 11 is 3.95. The van der Waals surface area contributed by atoms with Gasteiger partial charge in [0.1, 0.15) is 0 Å². The summed E-state index contributed by atoms with van der Waals surface area (Å²) in [5.74, 6) is 2.38. The van der Waals surface area contributed by atoms with Gasteiger partial charge in [-0.2, -0.15) is 23.5 Å². The van der Waals surface area contributed by atoms with Crippen molar-refractivity contribution >= 4 is 23.5 Å². The number of benzene rings is 1. The minimum absolute atomic E-state index is 0.321. The summed E-state index contributed by atoms with van der Waals surface area (Å²) in [4.78, 5) is 0. The van der Waals surface area contributed by atoms with Gasteiger partial charge in [-0.3, -0.25) is 0 Å². The Balaban J connectivity index is 2.12. The van der Waals surface area contributed by atoms with Crippen LogP contribution in [0.4, 0.5) is 0 Å². The SMILES string of the molecule is CCC1SCCSC1C(O)c1ccc(C)cc1. The van der Waals surface area contributed by atoms with Gasteiger partial charge in [0.25, 0.3) is 0 Å². The number of hydrogen-bond donors (Lipinski definition) is 1. The Morgan fingerprint density at radius 2 is 1.88 bits per heavy atom. The van der Waals surface area contributed by atoms with E-state index in [4.69, 9.17) is 0 Å². The Morgan fingerprint density at radius 1 is 1.24 bits per heavy atom. The zero-order valence-corrected chi connectivity index (χ0v) is 12.1. The van der Waals surface area contributed by atoms with Crippen LogP contribution in [0, 0.1) is 6.92 Å². The summed E-state index contributed by atoms with van der Waals surface area (Å²) in [5.41, 5.74) is 2.31. The molecule has 0 spiro atoms. The van der Waals surface area contributed by atoms with Gasteiger partial charge in [-0.25, -0.2) is 0 Å². The maximum absolute atomic E-state index is 10.5. The molecular weight excluding hydrogens is 248 g/mol. The van der Waals surface area contributed by atoms with Crippen LogP contribution in [0.25, 0.3) is 0 Å². The van der Waals surface area contributed by atoms with Crippen molar-refractivity contribution < 1.29 is 5.11 Å². The van der Waals surface area contributed by atoms with E-state index in [1.54, 1.807) is 0 Å². The molecule has 0 aliphatic carbocycles. The largest absolute Gasteiger partial charge is 0.387 e. The van der Waals surface area contributed by atoms with Crippen molar-refractivity contribution in [2.75, 3.05) is 11.5 Å². The molecule has 3 unspecified atom stereocenters. The highest BCUT2D eigenvalue weighted by molar-refractivity contribution is 8.07. The molecule has 2 rings (SSSR count). The molecule has 1 aromatic carbocycles. The van der Waals surface area contributed by atoms with Gasteiger partial charge in [-0.05, 0) is 18.9 Å². The molecule has 0 saturated carbocycles. The zero-order valence-electron chi connectivity index (χ0n) is 10.4. The van der Waals surface area contributed by atoms with E-state index in [-0.39, 0.29) is 6.10 Å². The van der Waals surface area contributed by atoms with Gasteiger partial charge in [0.05, 0.1) is 6.10 Å². The first-order valence-corrected chi connectivity index (χ1v) is 8.30. The summed E-state index contributed by atoms with van der Waals surface area (Å²) < 4.78 is 0. The smallest absolute Gasteiger partial charge is 0.0919 e. The molecule has 17 heavy (non-hydrogen) atoms. The molecule has 1 fully saturated rings. The maximum atomic E-state index is 10.5. The van der Waals surface area contributed by atoms with E-state index in [1.807, 2.05) is 23.5 Å². The minimum Gasteiger partial charge on any atom is -0.387 e. The van der Waals surface area contributed by atoms with Gasteiger partial charge in [0.15, 0.2) is 0 Å². The van der Waals surface area contributed by atoms with E-state index in [1.165, 1.54) is 11.3 Å². The fraction of sp³-hybridized carbons (Fsp3) is 0.571. The Bertz CT molecular complexity index is 350. The highest BCUT2D eigenvalue weighted by Gasteiger charge is 2.31. The molecule has 1 aromatic rings. The van der Waals surface area contributed by atoms with E-state index in [2.05, 4.69) is 38.1 Å². The summed E-state index contributed by atoms with van der Waals surface area (Å²) in [7, 11) is 0. The minimum atomic E-state index is -0.321. The molecule has 94 valence electrons. The van der Waals surface area contributed by atoms with E-state index < -0.39 is 0 Å². The molecule has 3 atom stereocenters. The van der Waals surface area contributed by atoms with Crippen LogP contribution in [-0.2, 0) is 0 Å². The fourth-order valence-electron chi connectivity index (χ4n) is 2.18. The predicted octanol–water partition coefficient (Wildman–Crippen LogP) is 3.66. The molecule has 1 saturated heterocycles. The second-order valence-corrected chi connectivity index (χ2v) is 7.14. The summed E-state index contributed by atoms with van der Waals surface area (Å²) in [6.07, 6.45) is 0.823. The van der Waals surface area contributed by atoms with Gasteiger partial charge < -0.3 is 5.11 Å². The molecule has 1 aliphatic heterocycles. The second kappa shape index (κ2) is 6.17. The highest BCUT2D eigenvalue weighted by Crippen LogP contribution is 2.40. The average molecular weight is 268 g/mol. The Kier molecular flexibility index (Phi) is 4.83. The van der Waals surface area contributed by atoms with Crippen LogP contribution in [0.1, 0.15) is 30.6 Å². The van der Waals surface area contributed by atoms with Crippen molar-refractivity contribution in [3.63, 3.8) is 0 Å². The van der Waals surface area contributed by atoms with Crippen LogP contribution in [0.2, 0.25) is 0 Å². The topological polar surface area (TPSA) is 20.2 Å². The van der Waals surface area contributed by atoms with Crippen molar-refractivity contribution in [2.45, 2.75) is 36.9 Å². The maximum Gasteiger partial charge on any atom is 0.0919 e. The third-order valence-electron chi connectivity index (χ3n) is 3.22. The third-order valence-corrected chi connectivity index (χ3v) is 6.56. The highest BCUT2D eigenvalue weighted by atomic mass is 32.2. The van der Waals surface area contributed by atoms with Crippen LogP contribution in [0.5, 0.6) is 0 Å². The van der Waals surface area contributed by atoms with E-state index in [0.717, 1.165) is 17.7 Å². The van der Waals surface area contributed by atoms with E-state index in [9.17, 15) is 5.11 Å². The summed E-state index contributed by atoms with van der Waals surface area (Å²) in [6.45, 7) is 4.30. The van der Waals surface area contributed by atoms with Crippen LogP contribution >= 0.6 is 23.5 Å². The first kappa shape index (κ1) is 13.3. The number of thioether (sulfide) groups is 2. The van der Waals surface area contributed by atoms with Crippen molar-refractivity contribution in [1.29, 1.82) is 0 Å².